The monoisotopic (exact) mass is 194 g/mol. The van der Waals surface area contributed by atoms with Crippen LogP contribution < -0.4 is 10.4 Å². The molecular weight excluding hydrogens is 180 g/mol. The topological polar surface area (TPSA) is 15.3 Å². The molecule has 70 valence electrons. The molecule has 0 saturated carbocycles. The average molecular weight is 194 g/mol. The summed E-state index contributed by atoms with van der Waals surface area (Å²) in [5.41, 5.74) is 4.66. The van der Waals surface area contributed by atoms with Gasteiger partial charge in [0, 0.05) is 0 Å². The third-order valence-corrected chi connectivity index (χ3v) is 3.24. The van der Waals surface area contributed by atoms with Gasteiger partial charge in [0.25, 0.3) is 0 Å². The molecule has 13 heavy (non-hydrogen) atoms. The van der Waals surface area contributed by atoms with E-state index >= 15 is 0 Å². The van der Waals surface area contributed by atoms with Crippen molar-refractivity contribution in [3.8, 4) is 0 Å². The molecule has 2 atom stereocenters. The fourth-order valence-electron chi connectivity index (χ4n) is 1.56. The van der Waals surface area contributed by atoms with E-state index < -0.39 is 0 Å². The van der Waals surface area contributed by atoms with Gasteiger partial charge in [-0.3, -0.25) is 5.01 Å². The van der Waals surface area contributed by atoms with Gasteiger partial charge in [-0.25, -0.2) is 5.43 Å². The van der Waals surface area contributed by atoms with E-state index in [1.54, 1.807) is 0 Å². The SMILES string of the molecule is CC1NN(c2ccccc2)C(C)S1. The molecule has 0 radical (unpaired) electrons. The highest BCUT2D eigenvalue weighted by Gasteiger charge is 2.25. The van der Waals surface area contributed by atoms with Crippen LogP contribution in [0.2, 0.25) is 0 Å². The highest BCUT2D eigenvalue weighted by atomic mass is 32.2. The highest BCUT2D eigenvalue weighted by molar-refractivity contribution is 8.00. The second-order valence-electron chi connectivity index (χ2n) is 3.21. The van der Waals surface area contributed by atoms with E-state index in [9.17, 15) is 0 Å². The van der Waals surface area contributed by atoms with Crippen LogP contribution in [0.1, 0.15) is 13.8 Å². The van der Waals surface area contributed by atoms with E-state index in [4.69, 9.17) is 0 Å². The molecule has 1 aliphatic rings. The van der Waals surface area contributed by atoms with Crippen LogP contribution in [-0.4, -0.2) is 10.7 Å². The zero-order valence-electron chi connectivity index (χ0n) is 7.90. The normalized spacial score (nSPS) is 28.0. The predicted octanol–water partition coefficient (Wildman–Crippen LogP) is 2.44. The fraction of sp³-hybridized carbons (Fsp3) is 0.400. The molecule has 1 N–H and O–H groups in total. The van der Waals surface area contributed by atoms with Gasteiger partial charge in [-0.05, 0) is 26.0 Å². The summed E-state index contributed by atoms with van der Waals surface area (Å²) in [4.78, 5) is 0. The summed E-state index contributed by atoms with van der Waals surface area (Å²) in [6.45, 7) is 4.40. The molecular formula is C10H14N2S. The number of nitrogens with zero attached hydrogens (tertiary/aromatic N) is 1. The number of nitrogens with one attached hydrogen (secondary N) is 1. The number of hydrazine groups is 1. The predicted molar refractivity (Wildman–Crippen MR) is 58.6 cm³/mol. The van der Waals surface area contributed by atoms with Crippen molar-refractivity contribution in [3.05, 3.63) is 30.3 Å². The van der Waals surface area contributed by atoms with E-state index in [1.807, 2.05) is 17.8 Å². The van der Waals surface area contributed by atoms with Crippen LogP contribution in [0.15, 0.2) is 30.3 Å². The van der Waals surface area contributed by atoms with Crippen LogP contribution >= 0.6 is 11.8 Å². The van der Waals surface area contributed by atoms with Gasteiger partial charge < -0.3 is 0 Å². The van der Waals surface area contributed by atoms with Gasteiger partial charge in [-0.2, -0.15) is 0 Å². The lowest BCUT2D eigenvalue weighted by Gasteiger charge is -2.22. The Labute approximate surface area is 83.3 Å². The van der Waals surface area contributed by atoms with E-state index in [0.29, 0.717) is 10.7 Å². The Morgan fingerprint density at radius 1 is 1.23 bits per heavy atom. The molecule has 2 nitrogen and oxygen atoms in total. The van der Waals surface area contributed by atoms with Crippen LogP contribution in [0.3, 0.4) is 0 Å². The fourth-order valence-corrected chi connectivity index (χ4v) is 2.63. The van der Waals surface area contributed by atoms with Crippen LogP contribution in [0, 0.1) is 0 Å². The Hall–Kier alpha value is -0.670. The number of rotatable bonds is 1. The molecule has 1 aliphatic heterocycles. The minimum Gasteiger partial charge on any atom is -0.295 e. The first-order valence-electron chi connectivity index (χ1n) is 4.53. The van der Waals surface area contributed by atoms with Crippen molar-refractivity contribution < 1.29 is 0 Å². The molecule has 0 aliphatic carbocycles. The minimum atomic E-state index is 0.509. The van der Waals surface area contributed by atoms with Crippen molar-refractivity contribution in [2.24, 2.45) is 0 Å². The zero-order chi connectivity index (χ0) is 9.26. The van der Waals surface area contributed by atoms with Crippen molar-refractivity contribution in [1.82, 2.24) is 5.43 Å². The summed E-state index contributed by atoms with van der Waals surface area (Å²) in [5, 5.41) is 3.24. The number of hydrogen-bond acceptors (Lipinski definition) is 3. The summed E-state index contributed by atoms with van der Waals surface area (Å²) < 4.78 is 0. The van der Waals surface area contributed by atoms with Gasteiger partial charge in [0.05, 0.1) is 16.4 Å². The largest absolute Gasteiger partial charge is 0.295 e. The molecule has 2 rings (SSSR count). The molecule has 1 heterocycles. The molecule has 2 unspecified atom stereocenters. The summed E-state index contributed by atoms with van der Waals surface area (Å²) >= 11 is 1.94. The summed E-state index contributed by atoms with van der Waals surface area (Å²) in [6, 6.07) is 10.4. The second-order valence-corrected chi connectivity index (χ2v) is 4.87. The Morgan fingerprint density at radius 2 is 1.92 bits per heavy atom. The smallest absolute Gasteiger partial charge is 0.0895 e. The number of benzene rings is 1. The lowest BCUT2D eigenvalue weighted by atomic mass is 10.3. The minimum absolute atomic E-state index is 0.509. The van der Waals surface area contributed by atoms with Crippen molar-refractivity contribution in [2.75, 3.05) is 5.01 Å². The molecule has 1 aromatic rings. The third kappa shape index (κ3) is 1.81. The molecule has 0 aromatic heterocycles. The molecule has 1 aromatic carbocycles. The maximum absolute atomic E-state index is 3.42. The lowest BCUT2D eigenvalue weighted by molar-refractivity contribution is 0.658. The van der Waals surface area contributed by atoms with Gasteiger partial charge >= 0.3 is 0 Å². The number of thioether (sulfide) groups is 1. The number of para-hydroxylation sites is 1. The summed E-state index contributed by atoms with van der Waals surface area (Å²) in [7, 11) is 0. The Morgan fingerprint density at radius 3 is 2.46 bits per heavy atom. The van der Waals surface area contributed by atoms with Gasteiger partial charge in [-0.1, -0.05) is 18.2 Å². The quantitative estimate of drug-likeness (QED) is 0.739. The van der Waals surface area contributed by atoms with E-state index in [-0.39, 0.29) is 0 Å². The second kappa shape index (κ2) is 3.60. The molecule has 3 heteroatoms. The standard InChI is InChI=1S/C10H14N2S/c1-8-11-12(9(2)13-8)10-6-4-3-5-7-10/h3-9,11H,1-2H3. The Balaban J connectivity index is 2.18. The first-order valence-corrected chi connectivity index (χ1v) is 5.47. The molecule has 1 fully saturated rings. The van der Waals surface area contributed by atoms with E-state index in [1.165, 1.54) is 5.69 Å². The molecule has 0 bridgehead atoms. The first kappa shape index (κ1) is 8.91. The number of anilines is 1. The Kier molecular flexibility index (Phi) is 2.47. The number of hydrogen-bond donors (Lipinski definition) is 1. The van der Waals surface area contributed by atoms with Crippen molar-refractivity contribution >= 4 is 17.4 Å². The van der Waals surface area contributed by atoms with Gasteiger partial charge in [0.2, 0.25) is 0 Å². The average Bonchev–Trinajstić information content (AvgIpc) is 2.47. The third-order valence-electron chi connectivity index (χ3n) is 2.12. The molecule has 0 amide bonds. The van der Waals surface area contributed by atoms with Crippen LogP contribution in [0.25, 0.3) is 0 Å². The highest BCUT2D eigenvalue weighted by Crippen LogP contribution is 2.29. The van der Waals surface area contributed by atoms with Gasteiger partial charge in [0.1, 0.15) is 0 Å². The lowest BCUT2D eigenvalue weighted by Crippen LogP contribution is -2.37. The van der Waals surface area contributed by atoms with Gasteiger partial charge in [0.15, 0.2) is 0 Å². The van der Waals surface area contributed by atoms with Crippen molar-refractivity contribution in [3.63, 3.8) is 0 Å². The maximum Gasteiger partial charge on any atom is 0.0895 e. The molecule has 1 saturated heterocycles. The van der Waals surface area contributed by atoms with Crippen LogP contribution in [0.5, 0.6) is 0 Å². The van der Waals surface area contributed by atoms with E-state index in [2.05, 4.69) is 48.5 Å². The van der Waals surface area contributed by atoms with Crippen LogP contribution in [-0.2, 0) is 0 Å². The first-order chi connectivity index (χ1) is 6.27. The van der Waals surface area contributed by atoms with E-state index in [0.717, 1.165) is 0 Å². The van der Waals surface area contributed by atoms with Crippen molar-refractivity contribution in [2.45, 2.75) is 24.6 Å². The summed E-state index contributed by atoms with van der Waals surface area (Å²) in [5.74, 6) is 0. The maximum atomic E-state index is 3.42. The zero-order valence-corrected chi connectivity index (χ0v) is 8.71. The molecule has 0 spiro atoms. The van der Waals surface area contributed by atoms with Crippen LogP contribution in [0.4, 0.5) is 5.69 Å². The Bertz CT molecular complexity index is 276. The van der Waals surface area contributed by atoms with Gasteiger partial charge in [-0.15, -0.1) is 11.8 Å². The van der Waals surface area contributed by atoms with Crippen molar-refractivity contribution in [1.29, 1.82) is 0 Å². The summed E-state index contributed by atoms with van der Waals surface area (Å²) in [6.07, 6.45) is 0.